The minimum Gasteiger partial charge on any atom is -0.259 e. The average Bonchev–Trinajstić information content (AvgIpc) is 2.21. The summed E-state index contributed by atoms with van der Waals surface area (Å²) < 4.78 is 2.57. The number of rotatable bonds is 9. The van der Waals surface area contributed by atoms with Gasteiger partial charge in [0.25, 0.3) is 0 Å². The molecule has 0 unspecified atom stereocenters. The Morgan fingerprint density at radius 1 is 0.929 bits per heavy atom. The minimum absolute atomic E-state index is 1.26. The van der Waals surface area contributed by atoms with Gasteiger partial charge >= 0.3 is 0 Å². The van der Waals surface area contributed by atoms with E-state index in [4.69, 9.17) is 0 Å². The van der Waals surface area contributed by atoms with E-state index in [-0.39, 0.29) is 0 Å². The third-order valence-electron chi connectivity index (χ3n) is 2.20. The number of hydrogen-bond acceptors (Lipinski definition) is 1. The SMILES string of the molecule is CCCC=[SH]N(CCCC)CCCC. The van der Waals surface area contributed by atoms with Crippen LogP contribution in [0.4, 0.5) is 0 Å². The Balaban J connectivity index is 3.71. The van der Waals surface area contributed by atoms with Crippen LogP contribution < -0.4 is 0 Å². The van der Waals surface area contributed by atoms with Crippen LogP contribution in [0.25, 0.3) is 0 Å². The van der Waals surface area contributed by atoms with Crippen LogP contribution >= 0.6 is 11.5 Å². The van der Waals surface area contributed by atoms with Crippen LogP contribution in [0.5, 0.6) is 0 Å². The van der Waals surface area contributed by atoms with Crippen molar-refractivity contribution in [2.24, 2.45) is 0 Å². The van der Waals surface area contributed by atoms with Crippen molar-refractivity contribution >= 4 is 16.9 Å². The topological polar surface area (TPSA) is 3.24 Å². The van der Waals surface area contributed by atoms with Gasteiger partial charge in [-0.05, 0) is 24.6 Å². The van der Waals surface area contributed by atoms with Crippen LogP contribution in [-0.2, 0) is 0 Å². The van der Waals surface area contributed by atoms with E-state index in [2.05, 4.69) is 30.4 Å². The second-order valence-corrected chi connectivity index (χ2v) is 4.91. The molecule has 14 heavy (non-hydrogen) atoms. The third-order valence-corrected chi connectivity index (χ3v) is 3.35. The van der Waals surface area contributed by atoms with Crippen molar-refractivity contribution in [3.63, 3.8) is 0 Å². The summed E-state index contributed by atoms with van der Waals surface area (Å²) in [5.74, 6) is 0. The molecule has 2 heteroatoms. The van der Waals surface area contributed by atoms with Crippen molar-refractivity contribution in [1.29, 1.82) is 0 Å². The summed E-state index contributed by atoms with van der Waals surface area (Å²) in [5, 5.41) is 2.41. The van der Waals surface area contributed by atoms with Gasteiger partial charge in [-0.1, -0.05) is 40.0 Å². The summed E-state index contributed by atoms with van der Waals surface area (Å²) in [6.45, 7) is 9.33. The van der Waals surface area contributed by atoms with Crippen molar-refractivity contribution in [3.05, 3.63) is 0 Å². The minimum atomic E-state index is 1.26. The molecule has 0 saturated carbocycles. The molecule has 0 radical (unpaired) electrons. The highest BCUT2D eigenvalue weighted by Crippen LogP contribution is 2.06. The fourth-order valence-corrected chi connectivity index (χ4v) is 2.33. The third kappa shape index (κ3) is 8.76. The van der Waals surface area contributed by atoms with E-state index in [1.807, 2.05) is 0 Å². The van der Waals surface area contributed by atoms with Gasteiger partial charge in [0, 0.05) is 13.1 Å². The van der Waals surface area contributed by atoms with Crippen LogP contribution in [0.15, 0.2) is 0 Å². The molecule has 0 saturated heterocycles. The highest BCUT2D eigenvalue weighted by atomic mass is 32.1. The first-order valence-electron chi connectivity index (χ1n) is 6.12. The molecule has 0 aliphatic rings. The van der Waals surface area contributed by atoms with E-state index in [1.165, 1.54) is 63.2 Å². The maximum Gasteiger partial charge on any atom is 0.00822 e. The van der Waals surface area contributed by atoms with E-state index in [9.17, 15) is 0 Å². The summed E-state index contributed by atoms with van der Waals surface area (Å²) in [5.41, 5.74) is 0. The summed E-state index contributed by atoms with van der Waals surface area (Å²) in [6, 6.07) is 0. The Hall–Kier alpha value is 0.180. The predicted octanol–water partition coefficient (Wildman–Crippen LogP) is 3.87. The van der Waals surface area contributed by atoms with Gasteiger partial charge in [-0.3, -0.25) is 4.31 Å². The molecule has 0 bridgehead atoms. The number of thiol groups is 1. The molecule has 0 fully saturated rings. The molecule has 0 aliphatic carbocycles. The molecule has 0 amide bonds. The predicted molar refractivity (Wildman–Crippen MR) is 71.3 cm³/mol. The molecular weight excluding hydrogens is 190 g/mol. The fourth-order valence-electron chi connectivity index (χ4n) is 1.21. The van der Waals surface area contributed by atoms with Crippen molar-refractivity contribution in [2.75, 3.05) is 13.1 Å². The van der Waals surface area contributed by atoms with Crippen molar-refractivity contribution in [2.45, 2.75) is 59.3 Å². The lowest BCUT2D eigenvalue weighted by Gasteiger charge is -2.17. The van der Waals surface area contributed by atoms with Crippen molar-refractivity contribution in [3.8, 4) is 0 Å². The Labute approximate surface area is 94.0 Å². The molecule has 0 heterocycles. The van der Waals surface area contributed by atoms with Gasteiger partial charge < -0.3 is 0 Å². The first kappa shape index (κ1) is 14.2. The molecule has 0 N–H and O–H groups in total. The zero-order valence-corrected chi connectivity index (χ0v) is 11.0. The first-order valence-corrected chi connectivity index (χ1v) is 7.04. The zero-order chi connectivity index (χ0) is 10.6. The van der Waals surface area contributed by atoms with E-state index in [0.29, 0.717) is 0 Å². The van der Waals surface area contributed by atoms with Crippen LogP contribution in [0, 0.1) is 0 Å². The second-order valence-electron chi connectivity index (χ2n) is 3.75. The van der Waals surface area contributed by atoms with Gasteiger partial charge in [-0.15, -0.1) is 11.5 Å². The van der Waals surface area contributed by atoms with Gasteiger partial charge in [-0.2, -0.15) is 0 Å². The molecule has 1 nitrogen and oxygen atoms in total. The lowest BCUT2D eigenvalue weighted by atomic mass is 10.3. The number of hydrogen-bond donors (Lipinski definition) is 1. The molecular formula is C12H27NS. The van der Waals surface area contributed by atoms with Crippen molar-refractivity contribution < 1.29 is 0 Å². The first-order chi connectivity index (χ1) is 6.85. The molecule has 0 spiro atoms. The van der Waals surface area contributed by atoms with Gasteiger partial charge in [0.2, 0.25) is 0 Å². The molecule has 0 aromatic carbocycles. The Bertz CT molecular complexity index is 126. The van der Waals surface area contributed by atoms with E-state index in [0.717, 1.165) is 0 Å². The number of unbranched alkanes of at least 4 members (excludes halogenated alkanes) is 3. The van der Waals surface area contributed by atoms with Crippen LogP contribution in [0.2, 0.25) is 0 Å². The van der Waals surface area contributed by atoms with Gasteiger partial charge in [0.1, 0.15) is 0 Å². The van der Waals surface area contributed by atoms with Gasteiger partial charge in [-0.25, -0.2) is 0 Å². The molecule has 0 atom stereocenters. The summed E-state index contributed by atoms with van der Waals surface area (Å²) >= 11 is 1.45. The Kier molecular flexibility index (Phi) is 11.4. The summed E-state index contributed by atoms with van der Waals surface area (Å²) in [7, 11) is 0. The fraction of sp³-hybridized carbons (Fsp3) is 0.917. The monoisotopic (exact) mass is 217 g/mol. The highest BCUT2D eigenvalue weighted by Gasteiger charge is 1.97. The molecule has 86 valence electrons. The lowest BCUT2D eigenvalue weighted by Crippen LogP contribution is -2.16. The van der Waals surface area contributed by atoms with Gasteiger partial charge in [0.15, 0.2) is 0 Å². The lowest BCUT2D eigenvalue weighted by molar-refractivity contribution is 0.448. The summed E-state index contributed by atoms with van der Waals surface area (Å²) in [6.07, 6.45) is 7.85. The molecule has 0 aliphatic heterocycles. The quantitative estimate of drug-likeness (QED) is 0.453. The highest BCUT2D eigenvalue weighted by molar-refractivity contribution is 7.95. The van der Waals surface area contributed by atoms with Crippen LogP contribution in [0.1, 0.15) is 59.3 Å². The molecule has 0 aromatic rings. The van der Waals surface area contributed by atoms with Crippen molar-refractivity contribution in [1.82, 2.24) is 4.31 Å². The second kappa shape index (κ2) is 11.3. The van der Waals surface area contributed by atoms with Gasteiger partial charge in [0.05, 0.1) is 0 Å². The van der Waals surface area contributed by atoms with Crippen LogP contribution in [0.3, 0.4) is 0 Å². The standard InChI is InChI=1S/C12H27NS/c1-4-7-10-13(11-8-5-2)14-12-9-6-3/h12,14H,4-11H2,1-3H3. The summed E-state index contributed by atoms with van der Waals surface area (Å²) in [4.78, 5) is 0. The maximum absolute atomic E-state index is 2.57. The molecule has 0 aromatic heterocycles. The van der Waals surface area contributed by atoms with Crippen LogP contribution in [-0.4, -0.2) is 22.8 Å². The zero-order valence-electron chi connectivity index (χ0n) is 10.1. The number of nitrogens with zero attached hydrogens (tertiary/aromatic N) is 1. The normalized spacial score (nSPS) is 12.3. The largest absolute Gasteiger partial charge is 0.259 e. The van der Waals surface area contributed by atoms with E-state index < -0.39 is 0 Å². The molecule has 0 rings (SSSR count). The van der Waals surface area contributed by atoms with E-state index >= 15 is 0 Å². The Morgan fingerprint density at radius 3 is 1.93 bits per heavy atom. The van der Waals surface area contributed by atoms with E-state index in [1.54, 1.807) is 0 Å². The average molecular weight is 217 g/mol. The maximum atomic E-state index is 2.57. The smallest absolute Gasteiger partial charge is 0.00822 e. The Morgan fingerprint density at radius 2 is 1.50 bits per heavy atom.